The van der Waals surface area contributed by atoms with Crippen molar-refractivity contribution in [3.8, 4) is 0 Å². The molecule has 314 valence electrons. The largest absolute Gasteiger partial charge is 0.460 e. The predicted octanol–water partition coefficient (Wildman–Crippen LogP) is 8.60. The van der Waals surface area contributed by atoms with Crippen LogP contribution < -0.4 is 0 Å². The van der Waals surface area contributed by atoms with Gasteiger partial charge in [-0.15, -0.1) is 0 Å². The number of unbranched alkanes of at least 4 members (excludes halogenated alkanes) is 2. The molecular formula is C46H70O10. The van der Waals surface area contributed by atoms with Crippen molar-refractivity contribution < 1.29 is 47.5 Å². The lowest BCUT2D eigenvalue weighted by Gasteiger charge is -2.25. The van der Waals surface area contributed by atoms with Crippen LogP contribution in [-0.2, 0) is 76.4 Å². The van der Waals surface area contributed by atoms with E-state index >= 15 is 0 Å². The minimum absolute atomic E-state index is 0.0401. The Hall–Kier alpha value is -3.12. The molecule has 0 saturated carbocycles. The minimum atomic E-state index is -0.534. The molecule has 0 atom stereocenters. The average molecular weight is 783 g/mol. The molecule has 0 heterocycles. The van der Waals surface area contributed by atoms with Gasteiger partial charge in [0.2, 0.25) is 0 Å². The molecule has 10 heteroatoms. The van der Waals surface area contributed by atoms with E-state index in [1.807, 2.05) is 0 Å². The zero-order chi connectivity index (χ0) is 40.7. The highest BCUT2D eigenvalue weighted by Crippen LogP contribution is 2.41. The van der Waals surface area contributed by atoms with Crippen LogP contribution in [0, 0.1) is 0 Å². The first kappa shape index (κ1) is 47.3. The second kappa shape index (κ2) is 26.7. The molecule has 0 N–H and O–H groups in total. The fourth-order valence-corrected chi connectivity index (χ4v) is 7.66. The summed E-state index contributed by atoms with van der Waals surface area (Å²) in [5, 5.41) is 4.52. The number of rotatable bonds is 30. The summed E-state index contributed by atoms with van der Waals surface area (Å²) >= 11 is 0. The smallest absolute Gasteiger partial charge is 0.339 e. The quantitative estimate of drug-likeness (QED) is 0.0371. The molecule has 0 aliphatic rings. The van der Waals surface area contributed by atoms with Gasteiger partial charge in [0.25, 0.3) is 0 Å². The Bertz CT molecular complexity index is 1530. The van der Waals surface area contributed by atoms with E-state index in [9.17, 15) is 9.59 Å². The lowest BCUT2D eigenvalue weighted by atomic mass is 9.80. The van der Waals surface area contributed by atoms with Gasteiger partial charge in [0.05, 0.1) is 77.2 Å². The molecule has 3 aromatic rings. The van der Waals surface area contributed by atoms with Crippen molar-refractivity contribution in [2.45, 2.75) is 106 Å². The van der Waals surface area contributed by atoms with Crippen LogP contribution in [-0.4, -0.2) is 105 Å². The van der Waals surface area contributed by atoms with Crippen molar-refractivity contribution in [3.05, 3.63) is 56.6 Å². The van der Waals surface area contributed by atoms with Crippen molar-refractivity contribution in [1.82, 2.24) is 0 Å². The molecule has 10 nitrogen and oxygen atoms in total. The lowest BCUT2D eigenvalue weighted by Crippen LogP contribution is -2.22. The second-order valence-electron chi connectivity index (χ2n) is 13.9. The maximum Gasteiger partial charge on any atom is 0.339 e. The molecule has 0 saturated heterocycles. The number of carbonyl (C=O) groups is 2. The molecule has 0 unspecified atom stereocenters. The average Bonchev–Trinajstić information content (AvgIpc) is 3.21. The summed E-state index contributed by atoms with van der Waals surface area (Å²) in [4.78, 5) is 28.9. The Kier molecular flexibility index (Phi) is 22.6. The van der Waals surface area contributed by atoms with Crippen LogP contribution in [0.1, 0.15) is 121 Å². The minimum Gasteiger partial charge on any atom is -0.460 e. The van der Waals surface area contributed by atoms with Gasteiger partial charge in [0.1, 0.15) is 13.2 Å². The van der Waals surface area contributed by atoms with Crippen LogP contribution in [0.2, 0.25) is 0 Å². The molecule has 0 spiro atoms. The Morgan fingerprint density at radius 2 is 0.714 bits per heavy atom. The Morgan fingerprint density at radius 1 is 0.411 bits per heavy atom. The van der Waals surface area contributed by atoms with Crippen LogP contribution in [0.4, 0.5) is 0 Å². The summed E-state index contributed by atoms with van der Waals surface area (Å²) in [6, 6.07) is 4.64. The van der Waals surface area contributed by atoms with E-state index in [1.165, 1.54) is 33.0 Å². The number of benzene rings is 3. The van der Waals surface area contributed by atoms with Gasteiger partial charge >= 0.3 is 11.9 Å². The summed E-state index contributed by atoms with van der Waals surface area (Å²) < 4.78 is 44.3. The predicted molar refractivity (Wildman–Crippen MR) is 224 cm³/mol. The lowest BCUT2D eigenvalue weighted by molar-refractivity contribution is 0.00416. The molecule has 0 bridgehead atoms. The fourth-order valence-electron chi connectivity index (χ4n) is 7.66. The number of ether oxygens (including phenoxy) is 8. The molecule has 0 radical (unpaired) electrons. The first-order valence-corrected chi connectivity index (χ1v) is 21.1. The van der Waals surface area contributed by atoms with Crippen molar-refractivity contribution in [3.63, 3.8) is 0 Å². The van der Waals surface area contributed by atoms with Crippen molar-refractivity contribution in [2.75, 3.05) is 93.5 Å². The van der Waals surface area contributed by atoms with Crippen LogP contribution in [0.5, 0.6) is 0 Å². The van der Waals surface area contributed by atoms with Crippen molar-refractivity contribution >= 4 is 33.5 Å². The number of hydrogen-bond donors (Lipinski definition) is 0. The Balaban J connectivity index is 2.20. The van der Waals surface area contributed by atoms with E-state index in [0.29, 0.717) is 76.8 Å². The van der Waals surface area contributed by atoms with E-state index in [1.54, 1.807) is 14.2 Å². The highest BCUT2D eigenvalue weighted by molar-refractivity contribution is 6.14. The molecule has 3 rings (SSSR count). The highest BCUT2D eigenvalue weighted by Gasteiger charge is 2.31. The summed E-state index contributed by atoms with van der Waals surface area (Å²) in [5.74, 6) is -1.07. The van der Waals surface area contributed by atoms with Gasteiger partial charge in [-0.1, -0.05) is 54.4 Å². The van der Waals surface area contributed by atoms with Crippen LogP contribution in [0.25, 0.3) is 21.5 Å². The summed E-state index contributed by atoms with van der Waals surface area (Å²) in [6.45, 7) is 17.3. The van der Waals surface area contributed by atoms with E-state index in [2.05, 4.69) is 53.7 Å². The SMILES string of the molecule is CCCCc1c(C(=O)OCCOCCOCCOC)c(C(=O)OCCOCCOCCOC)c(CCCC)c2cc3c(CC)c(CC)c(CC)c(CC)c3cc12. The number of carbonyl (C=O) groups excluding carboxylic acids is 2. The first-order valence-electron chi connectivity index (χ1n) is 21.1. The Labute approximate surface area is 336 Å². The van der Waals surface area contributed by atoms with E-state index in [0.717, 1.165) is 73.3 Å². The van der Waals surface area contributed by atoms with Crippen molar-refractivity contribution in [2.24, 2.45) is 0 Å². The third-order valence-electron chi connectivity index (χ3n) is 10.3. The van der Waals surface area contributed by atoms with Gasteiger partial charge < -0.3 is 37.9 Å². The van der Waals surface area contributed by atoms with E-state index < -0.39 is 11.9 Å². The number of aryl methyl sites for hydroxylation is 4. The Morgan fingerprint density at radius 3 is 1.02 bits per heavy atom. The van der Waals surface area contributed by atoms with E-state index in [-0.39, 0.29) is 26.4 Å². The molecule has 0 aliphatic heterocycles. The third kappa shape index (κ3) is 12.9. The molecule has 0 aromatic heterocycles. The van der Waals surface area contributed by atoms with Gasteiger partial charge in [-0.05, 0) is 118 Å². The van der Waals surface area contributed by atoms with E-state index in [4.69, 9.17) is 37.9 Å². The van der Waals surface area contributed by atoms with Gasteiger partial charge in [0.15, 0.2) is 0 Å². The number of fused-ring (bicyclic) bond motifs is 2. The van der Waals surface area contributed by atoms with Gasteiger partial charge in [0, 0.05) is 14.2 Å². The summed E-state index contributed by atoms with van der Waals surface area (Å²) in [5.41, 5.74) is 7.93. The first-order chi connectivity index (χ1) is 27.4. The highest BCUT2D eigenvalue weighted by atomic mass is 16.6. The van der Waals surface area contributed by atoms with Crippen LogP contribution >= 0.6 is 0 Å². The summed E-state index contributed by atoms with van der Waals surface area (Å²) in [6.07, 6.45) is 8.53. The fraction of sp³-hybridized carbons (Fsp3) is 0.652. The van der Waals surface area contributed by atoms with Gasteiger partial charge in [-0.25, -0.2) is 9.59 Å². The zero-order valence-electron chi connectivity index (χ0n) is 35.8. The molecular weight excluding hydrogens is 712 g/mol. The second-order valence-corrected chi connectivity index (χ2v) is 13.9. The zero-order valence-corrected chi connectivity index (χ0v) is 35.8. The van der Waals surface area contributed by atoms with Crippen LogP contribution in [0.15, 0.2) is 12.1 Å². The van der Waals surface area contributed by atoms with Gasteiger partial charge in [-0.2, -0.15) is 0 Å². The number of hydrogen-bond acceptors (Lipinski definition) is 10. The number of esters is 2. The van der Waals surface area contributed by atoms with Crippen LogP contribution in [0.3, 0.4) is 0 Å². The maximum absolute atomic E-state index is 14.5. The number of methoxy groups -OCH3 is 2. The topological polar surface area (TPSA) is 108 Å². The van der Waals surface area contributed by atoms with Crippen molar-refractivity contribution in [1.29, 1.82) is 0 Å². The monoisotopic (exact) mass is 782 g/mol. The molecule has 3 aromatic carbocycles. The van der Waals surface area contributed by atoms with Gasteiger partial charge in [-0.3, -0.25) is 0 Å². The molecule has 56 heavy (non-hydrogen) atoms. The normalized spacial score (nSPS) is 11.6. The molecule has 0 aliphatic carbocycles. The molecule has 0 amide bonds. The molecule has 0 fully saturated rings. The summed E-state index contributed by atoms with van der Waals surface area (Å²) in [7, 11) is 3.26. The maximum atomic E-state index is 14.5. The standard InChI is InChI=1S/C46H70O10/c1-9-15-17-37-41-31-39-35(13-5)33(11-3)34(12-4)36(14-6)40(39)32-42(41)38(18-16-10-2)44(46(48)56-30-28-54-26-24-52-22-20-50-8)43(37)45(47)55-29-27-53-25-23-51-21-19-49-7/h31-32H,9-30H2,1-8H3. The third-order valence-corrected chi connectivity index (χ3v) is 10.3.